The fourth-order valence-corrected chi connectivity index (χ4v) is 2.70. The lowest BCUT2D eigenvalue weighted by molar-refractivity contribution is 0.267. The molecule has 0 spiro atoms. The van der Waals surface area contributed by atoms with Gasteiger partial charge in [-0.05, 0) is 50.3 Å². The highest BCUT2D eigenvalue weighted by atomic mass is 32.1. The van der Waals surface area contributed by atoms with Gasteiger partial charge in [0.25, 0.3) is 0 Å². The lowest BCUT2D eigenvalue weighted by Crippen LogP contribution is -2.41. The Kier molecular flexibility index (Phi) is 5.25. The fourth-order valence-electron chi connectivity index (χ4n) is 2.51. The molecule has 6 heteroatoms. The van der Waals surface area contributed by atoms with Crippen LogP contribution in [0.3, 0.4) is 0 Å². The highest BCUT2D eigenvalue weighted by Crippen LogP contribution is 2.16. The van der Waals surface area contributed by atoms with Crippen LogP contribution in [0.1, 0.15) is 19.8 Å². The van der Waals surface area contributed by atoms with Crippen molar-refractivity contribution in [2.45, 2.75) is 25.8 Å². The number of hydrogen-bond acceptors (Lipinski definition) is 2. The van der Waals surface area contributed by atoms with Gasteiger partial charge in [-0.2, -0.15) is 0 Å². The standard InChI is InChI=1S/C14H19F2N3S/c1-2-19-7-3-4-11(19)9-17-14(20)18-13-6-5-10(15)8-12(13)16/h5-6,8,11H,2-4,7,9H2,1H3,(H2,17,18,20). The Morgan fingerprint density at radius 2 is 2.25 bits per heavy atom. The molecule has 0 amide bonds. The smallest absolute Gasteiger partial charge is 0.170 e. The first-order valence-electron chi connectivity index (χ1n) is 6.84. The molecule has 1 heterocycles. The summed E-state index contributed by atoms with van der Waals surface area (Å²) in [6, 6.07) is 3.84. The van der Waals surface area contributed by atoms with E-state index in [0.717, 1.165) is 32.1 Å². The Labute approximate surface area is 123 Å². The van der Waals surface area contributed by atoms with Gasteiger partial charge in [0, 0.05) is 18.7 Å². The molecule has 1 unspecified atom stereocenters. The van der Waals surface area contributed by atoms with Crippen molar-refractivity contribution in [3.8, 4) is 0 Å². The van der Waals surface area contributed by atoms with Crippen LogP contribution in [0.5, 0.6) is 0 Å². The monoisotopic (exact) mass is 299 g/mol. The summed E-state index contributed by atoms with van der Waals surface area (Å²) < 4.78 is 26.3. The average molecular weight is 299 g/mol. The molecule has 0 bridgehead atoms. The molecular weight excluding hydrogens is 280 g/mol. The van der Waals surface area contributed by atoms with Gasteiger partial charge >= 0.3 is 0 Å². The van der Waals surface area contributed by atoms with Crippen LogP contribution in [0.25, 0.3) is 0 Å². The second kappa shape index (κ2) is 6.95. The summed E-state index contributed by atoms with van der Waals surface area (Å²) in [6.45, 7) is 5.03. The molecule has 1 aliphatic heterocycles. The largest absolute Gasteiger partial charge is 0.361 e. The summed E-state index contributed by atoms with van der Waals surface area (Å²) in [4.78, 5) is 2.40. The highest BCUT2D eigenvalue weighted by Gasteiger charge is 2.22. The molecule has 1 atom stereocenters. The van der Waals surface area contributed by atoms with Crippen LogP contribution < -0.4 is 10.6 Å². The van der Waals surface area contributed by atoms with Crippen molar-refractivity contribution in [1.82, 2.24) is 10.2 Å². The summed E-state index contributed by atoms with van der Waals surface area (Å²) in [5.41, 5.74) is 0.183. The fraction of sp³-hybridized carbons (Fsp3) is 0.500. The first-order chi connectivity index (χ1) is 9.60. The number of benzene rings is 1. The van der Waals surface area contributed by atoms with E-state index in [0.29, 0.717) is 11.2 Å². The van der Waals surface area contributed by atoms with Gasteiger partial charge in [0.1, 0.15) is 11.6 Å². The van der Waals surface area contributed by atoms with Crippen LogP contribution in [-0.2, 0) is 0 Å². The number of anilines is 1. The second-order valence-electron chi connectivity index (χ2n) is 4.88. The summed E-state index contributed by atoms with van der Waals surface area (Å²) in [6.07, 6.45) is 2.35. The van der Waals surface area contributed by atoms with Crippen molar-refractivity contribution in [3.63, 3.8) is 0 Å². The SMILES string of the molecule is CCN1CCCC1CNC(=S)Nc1ccc(F)cc1F. The number of likely N-dealkylation sites (tertiary alicyclic amines) is 1. The number of hydrogen-bond donors (Lipinski definition) is 2. The Bertz CT molecular complexity index is 481. The molecule has 0 radical (unpaired) electrons. The van der Waals surface area contributed by atoms with E-state index in [1.54, 1.807) is 0 Å². The Balaban J connectivity index is 1.83. The highest BCUT2D eigenvalue weighted by molar-refractivity contribution is 7.80. The number of nitrogens with zero attached hydrogens (tertiary/aromatic N) is 1. The molecule has 3 nitrogen and oxygen atoms in total. The molecule has 0 aromatic heterocycles. The van der Waals surface area contributed by atoms with Crippen molar-refractivity contribution >= 4 is 23.0 Å². The Hall–Kier alpha value is -1.27. The maximum Gasteiger partial charge on any atom is 0.170 e. The van der Waals surface area contributed by atoms with Crippen molar-refractivity contribution in [3.05, 3.63) is 29.8 Å². The van der Waals surface area contributed by atoms with Crippen molar-refractivity contribution in [1.29, 1.82) is 0 Å². The number of thiocarbonyl (C=S) groups is 1. The van der Waals surface area contributed by atoms with Gasteiger partial charge in [-0.15, -0.1) is 0 Å². The second-order valence-corrected chi connectivity index (χ2v) is 5.29. The average Bonchev–Trinajstić information content (AvgIpc) is 2.87. The van der Waals surface area contributed by atoms with Crippen LogP contribution in [0.4, 0.5) is 14.5 Å². The molecule has 1 aromatic rings. The predicted molar refractivity (Wildman–Crippen MR) is 80.9 cm³/mol. The van der Waals surface area contributed by atoms with E-state index in [4.69, 9.17) is 12.2 Å². The van der Waals surface area contributed by atoms with Gasteiger partial charge in [-0.1, -0.05) is 6.92 Å². The molecule has 2 rings (SSSR count). The molecule has 110 valence electrons. The van der Waals surface area contributed by atoms with Gasteiger partial charge in [-0.25, -0.2) is 8.78 Å². The maximum atomic E-state index is 13.5. The first kappa shape index (κ1) is 15.1. The van der Waals surface area contributed by atoms with E-state index in [9.17, 15) is 8.78 Å². The van der Waals surface area contributed by atoms with E-state index in [1.807, 2.05) is 0 Å². The van der Waals surface area contributed by atoms with Crippen molar-refractivity contribution in [2.75, 3.05) is 25.0 Å². The molecule has 1 aromatic carbocycles. The van der Waals surface area contributed by atoms with Crippen LogP contribution in [-0.4, -0.2) is 35.7 Å². The van der Waals surface area contributed by atoms with Crippen LogP contribution in [0.15, 0.2) is 18.2 Å². The van der Waals surface area contributed by atoms with Crippen LogP contribution in [0.2, 0.25) is 0 Å². The van der Waals surface area contributed by atoms with Gasteiger partial charge in [-0.3, -0.25) is 4.90 Å². The van der Waals surface area contributed by atoms with E-state index < -0.39 is 11.6 Å². The van der Waals surface area contributed by atoms with Crippen LogP contribution in [0, 0.1) is 11.6 Å². The molecule has 20 heavy (non-hydrogen) atoms. The third-order valence-electron chi connectivity index (χ3n) is 3.58. The molecule has 0 saturated carbocycles. The van der Waals surface area contributed by atoms with E-state index in [2.05, 4.69) is 22.5 Å². The summed E-state index contributed by atoms with van der Waals surface area (Å²) in [5, 5.41) is 6.21. The maximum absolute atomic E-state index is 13.5. The minimum atomic E-state index is -0.648. The predicted octanol–water partition coefficient (Wildman–Crippen LogP) is 2.74. The topological polar surface area (TPSA) is 27.3 Å². The first-order valence-corrected chi connectivity index (χ1v) is 7.25. The molecular formula is C14H19F2N3S. The molecule has 1 saturated heterocycles. The molecule has 1 aliphatic rings. The van der Waals surface area contributed by atoms with E-state index >= 15 is 0 Å². The number of rotatable bonds is 4. The minimum absolute atomic E-state index is 0.183. The third kappa shape index (κ3) is 3.86. The normalized spacial score (nSPS) is 19.1. The molecule has 1 fully saturated rings. The Morgan fingerprint density at radius 1 is 1.45 bits per heavy atom. The van der Waals surface area contributed by atoms with E-state index in [1.165, 1.54) is 18.6 Å². The van der Waals surface area contributed by atoms with Gasteiger partial charge < -0.3 is 10.6 Å². The molecule has 0 aliphatic carbocycles. The minimum Gasteiger partial charge on any atom is -0.361 e. The van der Waals surface area contributed by atoms with E-state index in [-0.39, 0.29) is 5.69 Å². The van der Waals surface area contributed by atoms with Gasteiger partial charge in [0.2, 0.25) is 0 Å². The van der Waals surface area contributed by atoms with Gasteiger partial charge in [0.05, 0.1) is 5.69 Å². The zero-order valence-electron chi connectivity index (χ0n) is 11.5. The molecule has 2 N–H and O–H groups in total. The zero-order valence-corrected chi connectivity index (χ0v) is 12.3. The number of likely N-dealkylation sites (N-methyl/N-ethyl adjacent to an activating group) is 1. The third-order valence-corrected chi connectivity index (χ3v) is 3.83. The number of nitrogens with one attached hydrogen (secondary N) is 2. The summed E-state index contributed by atoms with van der Waals surface area (Å²) in [5.74, 6) is -1.25. The van der Waals surface area contributed by atoms with Crippen molar-refractivity contribution in [2.24, 2.45) is 0 Å². The van der Waals surface area contributed by atoms with Gasteiger partial charge in [0.15, 0.2) is 5.11 Å². The van der Waals surface area contributed by atoms with Crippen LogP contribution >= 0.6 is 12.2 Å². The van der Waals surface area contributed by atoms with Crippen molar-refractivity contribution < 1.29 is 8.78 Å². The quantitative estimate of drug-likeness (QED) is 0.836. The number of halogens is 2. The zero-order chi connectivity index (χ0) is 14.5. The lowest BCUT2D eigenvalue weighted by atomic mass is 10.2. The lowest BCUT2D eigenvalue weighted by Gasteiger charge is -2.23. The summed E-state index contributed by atoms with van der Waals surface area (Å²) in [7, 11) is 0. The Morgan fingerprint density at radius 3 is 2.95 bits per heavy atom. The summed E-state index contributed by atoms with van der Waals surface area (Å²) >= 11 is 5.14.